The van der Waals surface area contributed by atoms with Crippen LogP contribution in [0.25, 0.3) is 23.1 Å². The molecule has 5 rings (SSSR count). The molecule has 0 saturated carbocycles. The van der Waals surface area contributed by atoms with Crippen molar-refractivity contribution in [1.29, 1.82) is 0 Å². The topological polar surface area (TPSA) is 64.3 Å². The lowest BCUT2D eigenvalue weighted by Gasteiger charge is -2.21. The zero-order valence-electron chi connectivity index (χ0n) is 20.4. The number of amides is 1. The van der Waals surface area contributed by atoms with Gasteiger partial charge in [0, 0.05) is 36.7 Å². The highest BCUT2D eigenvalue weighted by Crippen LogP contribution is 2.26. The molecule has 2 N–H and O–H groups in total. The van der Waals surface area contributed by atoms with Crippen LogP contribution in [0.15, 0.2) is 53.9 Å². The molecular weight excluding hydrogens is 454 g/mol. The van der Waals surface area contributed by atoms with Crippen LogP contribution in [0.5, 0.6) is 0 Å². The Hall–Kier alpha value is -3.26. The van der Waals surface area contributed by atoms with Crippen LogP contribution in [0, 0.1) is 6.92 Å². The van der Waals surface area contributed by atoms with Gasteiger partial charge in [-0.05, 0) is 73.8 Å². The van der Waals surface area contributed by atoms with Crippen molar-refractivity contribution >= 4 is 46.0 Å². The normalized spacial score (nSPS) is 16.6. The van der Waals surface area contributed by atoms with Gasteiger partial charge in [0.1, 0.15) is 0 Å². The smallest absolute Gasteiger partial charge is 0.266 e. The maximum absolute atomic E-state index is 13.1. The van der Waals surface area contributed by atoms with Crippen LogP contribution in [0.2, 0.25) is 0 Å². The molecule has 1 aliphatic rings. The molecule has 2 aromatic heterocycles. The van der Waals surface area contributed by atoms with Gasteiger partial charge >= 0.3 is 0 Å². The fourth-order valence-electron chi connectivity index (χ4n) is 4.66. The standard InChI is InChI=1S/C28H31N5OS/c1-19-13-15-35-27(19)28(34)29-26-16-20(17-33-14-12-22(18-33)32(2)3)8-9-21(26)10-11-25-23-6-4-5-7-24(23)30-31-25/h4-11,13,15-16,22H,12,14,17-18H2,1-3H3,(H,29,34)(H,30,31). The maximum atomic E-state index is 13.1. The van der Waals surface area contributed by atoms with Crippen LogP contribution in [0.1, 0.15) is 38.5 Å². The molecule has 4 aromatic rings. The number of carbonyl (C=O) groups is 1. The Morgan fingerprint density at radius 1 is 1.23 bits per heavy atom. The van der Waals surface area contributed by atoms with Gasteiger partial charge in [0.05, 0.1) is 16.1 Å². The molecule has 7 heteroatoms. The molecule has 1 unspecified atom stereocenters. The van der Waals surface area contributed by atoms with E-state index in [1.165, 1.54) is 23.3 Å². The van der Waals surface area contributed by atoms with Crippen molar-refractivity contribution in [3.05, 3.63) is 81.2 Å². The lowest BCUT2D eigenvalue weighted by molar-refractivity contribution is 0.103. The van der Waals surface area contributed by atoms with Crippen LogP contribution in [0.3, 0.4) is 0 Å². The molecule has 0 radical (unpaired) electrons. The average Bonchev–Trinajstić information content (AvgIpc) is 3.58. The second-order valence-electron chi connectivity index (χ2n) is 9.44. The summed E-state index contributed by atoms with van der Waals surface area (Å²) in [4.78, 5) is 18.6. The molecule has 0 bridgehead atoms. The lowest BCUT2D eigenvalue weighted by atomic mass is 10.1. The largest absolute Gasteiger partial charge is 0.321 e. The second-order valence-corrected chi connectivity index (χ2v) is 10.4. The van der Waals surface area contributed by atoms with Gasteiger partial charge in [-0.25, -0.2) is 0 Å². The van der Waals surface area contributed by atoms with E-state index in [0.717, 1.165) is 57.9 Å². The first-order valence-corrected chi connectivity index (χ1v) is 12.8. The van der Waals surface area contributed by atoms with Crippen molar-refractivity contribution in [2.45, 2.75) is 25.9 Å². The number of aryl methyl sites for hydroxylation is 1. The minimum Gasteiger partial charge on any atom is -0.321 e. The second kappa shape index (κ2) is 10.2. The number of nitrogens with zero attached hydrogens (tertiary/aromatic N) is 3. The summed E-state index contributed by atoms with van der Waals surface area (Å²) in [6.45, 7) is 5.00. The molecule has 0 spiro atoms. The van der Waals surface area contributed by atoms with Gasteiger partial charge in [0.25, 0.3) is 5.91 Å². The van der Waals surface area contributed by atoms with E-state index in [2.05, 4.69) is 63.7 Å². The molecule has 6 nitrogen and oxygen atoms in total. The van der Waals surface area contributed by atoms with Crippen molar-refractivity contribution in [2.24, 2.45) is 0 Å². The highest BCUT2D eigenvalue weighted by Gasteiger charge is 2.24. The molecule has 2 aromatic carbocycles. The number of anilines is 1. The van der Waals surface area contributed by atoms with E-state index in [1.807, 2.05) is 48.7 Å². The summed E-state index contributed by atoms with van der Waals surface area (Å²) in [5.74, 6) is -0.0663. The molecule has 1 aliphatic heterocycles. The van der Waals surface area contributed by atoms with Gasteiger partial charge in [-0.15, -0.1) is 11.3 Å². The number of nitrogens with one attached hydrogen (secondary N) is 2. The fraction of sp³-hybridized carbons (Fsp3) is 0.286. The average molecular weight is 486 g/mol. The number of likely N-dealkylation sites (tertiary alicyclic amines) is 1. The predicted octanol–water partition coefficient (Wildman–Crippen LogP) is 5.49. The van der Waals surface area contributed by atoms with Gasteiger partial charge in [-0.1, -0.05) is 36.4 Å². The third-order valence-corrected chi connectivity index (χ3v) is 7.75. The summed E-state index contributed by atoms with van der Waals surface area (Å²) >= 11 is 1.47. The van der Waals surface area contributed by atoms with E-state index in [4.69, 9.17) is 0 Å². The Morgan fingerprint density at radius 3 is 2.86 bits per heavy atom. The van der Waals surface area contributed by atoms with Crippen molar-refractivity contribution in [2.75, 3.05) is 32.5 Å². The zero-order chi connectivity index (χ0) is 24.4. The molecule has 1 atom stereocenters. The number of fused-ring (bicyclic) bond motifs is 1. The Bertz CT molecular complexity index is 1370. The highest BCUT2D eigenvalue weighted by atomic mass is 32.1. The molecule has 1 amide bonds. The van der Waals surface area contributed by atoms with Gasteiger partial charge in [0.15, 0.2) is 0 Å². The number of para-hydroxylation sites is 1. The number of rotatable bonds is 7. The summed E-state index contributed by atoms with van der Waals surface area (Å²) in [5.41, 5.74) is 5.85. The predicted molar refractivity (Wildman–Crippen MR) is 146 cm³/mol. The van der Waals surface area contributed by atoms with Crippen LogP contribution in [-0.2, 0) is 6.54 Å². The van der Waals surface area contributed by atoms with Crippen LogP contribution < -0.4 is 5.32 Å². The Kier molecular flexibility index (Phi) is 6.81. The number of benzene rings is 2. The molecule has 180 valence electrons. The number of thiophene rings is 1. The van der Waals surface area contributed by atoms with E-state index in [1.54, 1.807) is 0 Å². The fourth-order valence-corrected chi connectivity index (χ4v) is 5.48. The first-order valence-electron chi connectivity index (χ1n) is 12.0. The lowest BCUT2D eigenvalue weighted by Crippen LogP contribution is -2.31. The summed E-state index contributed by atoms with van der Waals surface area (Å²) in [6, 6.07) is 17.0. The van der Waals surface area contributed by atoms with E-state index in [-0.39, 0.29) is 5.91 Å². The molecule has 35 heavy (non-hydrogen) atoms. The van der Waals surface area contributed by atoms with Gasteiger partial charge in [-0.2, -0.15) is 5.10 Å². The number of H-pyrrole nitrogens is 1. The van der Waals surface area contributed by atoms with Crippen LogP contribution >= 0.6 is 11.3 Å². The minimum absolute atomic E-state index is 0.0663. The van der Waals surface area contributed by atoms with E-state index >= 15 is 0 Å². The van der Waals surface area contributed by atoms with Gasteiger partial charge in [-0.3, -0.25) is 14.8 Å². The maximum Gasteiger partial charge on any atom is 0.266 e. The van der Waals surface area contributed by atoms with Crippen LogP contribution in [0.4, 0.5) is 5.69 Å². The quantitative estimate of drug-likeness (QED) is 0.363. The van der Waals surface area contributed by atoms with Gasteiger partial charge < -0.3 is 10.2 Å². The number of aromatic amines is 1. The molecule has 0 aliphatic carbocycles. The monoisotopic (exact) mass is 485 g/mol. The summed E-state index contributed by atoms with van der Waals surface area (Å²) in [7, 11) is 4.30. The molecule has 1 fully saturated rings. The molecular formula is C28H31N5OS. The van der Waals surface area contributed by atoms with E-state index in [0.29, 0.717) is 6.04 Å². The van der Waals surface area contributed by atoms with Crippen molar-refractivity contribution in [1.82, 2.24) is 20.0 Å². The Labute approximate surface area is 210 Å². The number of likely N-dealkylation sites (N-methyl/N-ethyl adjacent to an activating group) is 1. The molecule has 3 heterocycles. The summed E-state index contributed by atoms with van der Waals surface area (Å²) in [6.07, 6.45) is 5.22. The third-order valence-electron chi connectivity index (χ3n) is 6.74. The summed E-state index contributed by atoms with van der Waals surface area (Å²) < 4.78 is 0. The minimum atomic E-state index is -0.0663. The van der Waals surface area contributed by atoms with E-state index in [9.17, 15) is 4.79 Å². The molecule has 1 saturated heterocycles. The first kappa shape index (κ1) is 23.5. The first-order chi connectivity index (χ1) is 17.0. The van der Waals surface area contributed by atoms with Crippen molar-refractivity contribution in [3.63, 3.8) is 0 Å². The van der Waals surface area contributed by atoms with Crippen molar-refractivity contribution < 1.29 is 4.79 Å². The number of hydrogen-bond acceptors (Lipinski definition) is 5. The highest BCUT2D eigenvalue weighted by molar-refractivity contribution is 7.12. The van der Waals surface area contributed by atoms with Gasteiger partial charge in [0.2, 0.25) is 0 Å². The SMILES string of the molecule is Cc1ccsc1C(=O)Nc1cc(CN2CCC(N(C)C)C2)ccc1C=Cc1n[nH]c2ccccc12. The zero-order valence-corrected chi connectivity index (χ0v) is 21.2. The van der Waals surface area contributed by atoms with Crippen molar-refractivity contribution in [3.8, 4) is 0 Å². The Balaban J connectivity index is 1.42. The van der Waals surface area contributed by atoms with Crippen LogP contribution in [-0.4, -0.2) is 59.1 Å². The Morgan fingerprint density at radius 2 is 2.09 bits per heavy atom. The third kappa shape index (κ3) is 5.22. The number of carbonyl (C=O) groups excluding carboxylic acids is 1. The number of hydrogen-bond donors (Lipinski definition) is 2. The van der Waals surface area contributed by atoms with E-state index < -0.39 is 0 Å². The summed E-state index contributed by atoms with van der Waals surface area (Å²) in [5, 5.41) is 13.7. The number of aromatic nitrogens is 2.